The van der Waals surface area contributed by atoms with Gasteiger partial charge in [0.1, 0.15) is 0 Å². The average Bonchev–Trinajstić information content (AvgIpc) is 2.61. The molecular weight excluding hydrogens is 505 g/mol. The lowest BCUT2D eigenvalue weighted by Crippen LogP contribution is -2.60. The van der Waals surface area contributed by atoms with Crippen LogP contribution in [0.25, 0.3) is 11.1 Å². The molecule has 2 rings (SSSR count). The summed E-state index contributed by atoms with van der Waals surface area (Å²) >= 11 is 2.66. The molecule has 0 N–H and O–H groups in total. The molecule has 2 aromatic rings. The van der Waals surface area contributed by atoms with Crippen molar-refractivity contribution in [3.8, 4) is 11.1 Å². The molecule has 0 nitrogen and oxygen atoms in total. The molecule has 0 fully saturated rings. The summed E-state index contributed by atoms with van der Waals surface area (Å²) in [5.41, 5.74) is -11.2. The molecule has 0 heterocycles. The third-order valence-corrected chi connectivity index (χ3v) is 4.96. The van der Waals surface area contributed by atoms with Crippen molar-refractivity contribution >= 4 is 15.9 Å². The van der Waals surface area contributed by atoms with E-state index in [0.29, 0.717) is 12.1 Å². The van der Waals surface area contributed by atoms with Crippen LogP contribution in [0.3, 0.4) is 0 Å². The Morgan fingerprint density at radius 1 is 0.833 bits per heavy atom. The largest absolute Gasteiger partial charge is 0.457 e. The standard InChI is InChI=1S/C18H10BrF11/c1-2-8-6-10(15(22,17(25,26)27)16(23,24)18(28,29)30)13(11(19)7-8)9-4-3-5-12(20)14(9)21/h3-7H,2H2,1H3. The number of hydrogen-bond acceptors (Lipinski definition) is 0. The molecule has 0 amide bonds. The van der Waals surface area contributed by atoms with E-state index in [2.05, 4.69) is 15.9 Å². The SMILES string of the molecule is CCc1cc(Br)c(-c2cccc(F)c2F)c(C(F)(C(F)(F)F)C(F)(F)C(F)(F)F)c1. The zero-order chi connectivity index (χ0) is 23.3. The zero-order valence-corrected chi connectivity index (χ0v) is 16.2. The van der Waals surface area contributed by atoms with E-state index in [4.69, 9.17) is 0 Å². The van der Waals surface area contributed by atoms with Crippen LogP contribution < -0.4 is 0 Å². The molecular formula is C18H10BrF11. The first-order valence-electron chi connectivity index (χ1n) is 7.98. The van der Waals surface area contributed by atoms with Gasteiger partial charge in [0.15, 0.2) is 11.6 Å². The van der Waals surface area contributed by atoms with E-state index in [9.17, 15) is 43.9 Å². The van der Waals surface area contributed by atoms with Gasteiger partial charge >= 0.3 is 23.9 Å². The predicted octanol–water partition coefficient (Wildman–Crippen LogP) is 7.88. The van der Waals surface area contributed by atoms with Crippen LogP contribution in [-0.4, -0.2) is 18.3 Å². The summed E-state index contributed by atoms with van der Waals surface area (Å²) in [4.78, 5) is 0. The third-order valence-electron chi connectivity index (χ3n) is 4.33. The molecule has 0 aliphatic carbocycles. The summed E-state index contributed by atoms with van der Waals surface area (Å²) in [6.07, 6.45) is -13.9. The van der Waals surface area contributed by atoms with Crippen molar-refractivity contribution < 1.29 is 48.3 Å². The molecule has 0 aromatic heterocycles. The van der Waals surface area contributed by atoms with E-state index in [-0.39, 0.29) is 18.1 Å². The maximum atomic E-state index is 15.1. The van der Waals surface area contributed by atoms with E-state index in [0.717, 1.165) is 12.1 Å². The summed E-state index contributed by atoms with van der Waals surface area (Å²) in [7, 11) is 0. The van der Waals surface area contributed by atoms with Crippen LogP contribution in [0.2, 0.25) is 0 Å². The fourth-order valence-corrected chi connectivity index (χ4v) is 3.53. The van der Waals surface area contributed by atoms with Crippen LogP contribution in [0, 0.1) is 11.6 Å². The molecule has 0 spiro atoms. The molecule has 0 saturated heterocycles. The summed E-state index contributed by atoms with van der Waals surface area (Å²) < 4.78 is 150. The van der Waals surface area contributed by atoms with Crippen molar-refractivity contribution in [3.63, 3.8) is 0 Å². The summed E-state index contributed by atoms with van der Waals surface area (Å²) in [5.74, 6) is -10.4. The van der Waals surface area contributed by atoms with Gasteiger partial charge in [-0.15, -0.1) is 0 Å². The number of benzene rings is 2. The Hall–Kier alpha value is -1.85. The van der Waals surface area contributed by atoms with E-state index in [1.165, 1.54) is 6.92 Å². The Bertz CT molecular complexity index is 946. The highest BCUT2D eigenvalue weighted by Crippen LogP contribution is 2.60. The van der Waals surface area contributed by atoms with Gasteiger partial charge in [-0.3, -0.25) is 0 Å². The third kappa shape index (κ3) is 3.67. The van der Waals surface area contributed by atoms with Gasteiger partial charge in [-0.2, -0.15) is 35.1 Å². The highest BCUT2D eigenvalue weighted by molar-refractivity contribution is 9.10. The summed E-state index contributed by atoms with van der Waals surface area (Å²) in [6, 6.07) is 3.04. The van der Waals surface area contributed by atoms with Crippen LogP contribution in [-0.2, 0) is 12.1 Å². The van der Waals surface area contributed by atoms with Crippen molar-refractivity contribution in [2.45, 2.75) is 37.3 Å². The first-order valence-corrected chi connectivity index (χ1v) is 8.77. The number of halogens is 12. The molecule has 1 atom stereocenters. The van der Waals surface area contributed by atoms with Gasteiger partial charge in [0.2, 0.25) is 0 Å². The van der Waals surface area contributed by atoms with Gasteiger partial charge in [0.25, 0.3) is 0 Å². The maximum absolute atomic E-state index is 15.1. The Morgan fingerprint density at radius 2 is 1.40 bits per heavy atom. The second kappa shape index (κ2) is 7.69. The Balaban J connectivity index is 3.10. The Morgan fingerprint density at radius 3 is 1.87 bits per heavy atom. The van der Waals surface area contributed by atoms with Crippen molar-refractivity contribution in [1.29, 1.82) is 0 Å². The molecule has 1 unspecified atom stereocenters. The van der Waals surface area contributed by atoms with Crippen LogP contribution in [0.4, 0.5) is 48.3 Å². The average molecular weight is 515 g/mol. The minimum absolute atomic E-state index is 0.136. The quantitative estimate of drug-likeness (QED) is 0.364. The number of aryl methyl sites for hydroxylation is 1. The molecule has 0 radical (unpaired) electrons. The number of alkyl halides is 9. The van der Waals surface area contributed by atoms with E-state index < -0.39 is 56.7 Å². The molecule has 12 heteroatoms. The van der Waals surface area contributed by atoms with Crippen LogP contribution in [0.1, 0.15) is 18.1 Å². The van der Waals surface area contributed by atoms with Crippen molar-refractivity contribution in [2.75, 3.05) is 0 Å². The van der Waals surface area contributed by atoms with Crippen LogP contribution >= 0.6 is 15.9 Å². The molecule has 0 aliphatic heterocycles. The first-order chi connectivity index (χ1) is 13.5. The van der Waals surface area contributed by atoms with E-state index in [1.807, 2.05) is 0 Å². The predicted molar refractivity (Wildman–Crippen MR) is 88.7 cm³/mol. The highest BCUT2D eigenvalue weighted by Gasteiger charge is 2.82. The fourth-order valence-electron chi connectivity index (χ4n) is 2.80. The van der Waals surface area contributed by atoms with E-state index in [1.54, 1.807) is 0 Å². The Labute approximate surface area is 170 Å². The molecule has 2 aromatic carbocycles. The van der Waals surface area contributed by atoms with Crippen molar-refractivity contribution in [1.82, 2.24) is 0 Å². The molecule has 30 heavy (non-hydrogen) atoms. The zero-order valence-electron chi connectivity index (χ0n) is 14.6. The second-order valence-corrected chi connectivity index (χ2v) is 7.04. The van der Waals surface area contributed by atoms with Gasteiger partial charge in [-0.05, 0) is 24.1 Å². The van der Waals surface area contributed by atoms with Gasteiger partial charge in [-0.1, -0.05) is 41.1 Å². The molecule has 166 valence electrons. The lowest BCUT2D eigenvalue weighted by molar-refractivity contribution is -0.389. The van der Waals surface area contributed by atoms with Crippen LogP contribution in [0.5, 0.6) is 0 Å². The maximum Gasteiger partial charge on any atom is 0.457 e. The van der Waals surface area contributed by atoms with Crippen molar-refractivity contribution in [2.24, 2.45) is 0 Å². The number of hydrogen-bond donors (Lipinski definition) is 0. The minimum Gasteiger partial charge on any atom is -0.221 e. The molecule has 0 saturated carbocycles. The monoisotopic (exact) mass is 514 g/mol. The van der Waals surface area contributed by atoms with Crippen molar-refractivity contribution in [3.05, 3.63) is 57.6 Å². The highest BCUT2D eigenvalue weighted by atomic mass is 79.9. The van der Waals surface area contributed by atoms with Crippen LogP contribution in [0.15, 0.2) is 34.8 Å². The fraction of sp³-hybridized carbons (Fsp3) is 0.333. The van der Waals surface area contributed by atoms with Gasteiger partial charge < -0.3 is 0 Å². The van der Waals surface area contributed by atoms with Gasteiger partial charge in [-0.25, -0.2) is 13.2 Å². The molecule has 0 bridgehead atoms. The van der Waals surface area contributed by atoms with Gasteiger partial charge in [0.05, 0.1) is 0 Å². The minimum atomic E-state index is -6.96. The second-order valence-electron chi connectivity index (χ2n) is 6.18. The normalized spacial score (nSPS) is 15.2. The lowest BCUT2D eigenvalue weighted by Gasteiger charge is -2.37. The molecule has 0 aliphatic rings. The smallest absolute Gasteiger partial charge is 0.221 e. The van der Waals surface area contributed by atoms with Gasteiger partial charge in [0, 0.05) is 21.2 Å². The first kappa shape index (κ1) is 24.4. The number of rotatable bonds is 4. The summed E-state index contributed by atoms with van der Waals surface area (Å²) in [6.45, 7) is 1.31. The topological polar surface area (TPSA) is 0 Å². The lowest BCUT2D eigenvalue weighted by atomic mass is 9.81. The summed E-state index contributed by atoms with van der Waals surface area (Å²) in [5, 5.41) is 0. The Kier molecular flexibility index (Phi) is 6.26. The van der Waals surface area contributed by atoms with E-state index >= 15 is 4.39 Å².